The van der Waals surface area contributed by atoms with E-state index in [0.717, 1.165) is 0 Å². The molecule has 2 aromatic rings. The van der Waals surface area contributed by atoms with E-state index in [1.54, 1.807) is 12.3 Å². The topological polar surface area (TPSA) is 64.6 Å². The van der Waals surface area contributed by atoms with Crippen LogP contribution in [-0.2, 0) is 0 Å². The lowest BCUT2D eigenvalue weighted by Gasteiger charge is -2.01. The van der Waals surface area contributed by atoms with E-state index in [4.69, 9.17) is 0 Å². The van der Waals surface area contributed by atoms with Gasteiger partial charge in [-0.1, -0.05) is 0 Å². The molecule has 0 saturated heterocycles. The van der Waals surface area contributed by atoms with Crippen LogP contribution in [0.5, 0.6) is 5.88 Å². The number of aromatic amines is 1. The third-order valence-electron chi connectivity index (χ3n) is 1.31. The maximum atomic E-state index is 10.9. The maximum absolute atomic E-state index is 10.9. The zero-order valence-electron chi connectivity index (χ0n) is 5.03. The van der Waals surface area contributed by atoms with Gasteiger partial charge in [0.15, 0.2) is 0 Å². The van der Waals surface area contributed by atoms with Gasteiger partial charge in [-0.2, -0.15) is 0 Å². The maximum Gasteiger partial charge on any atom is 0.115 e. The highest BCUT2D eigenvalue weighted by Gasteiger charge is 1.92. The largest absolute Gasteiger partial charge is 0.857 e. The highest BCUT2D eigenvalue weighted by atomic mass is 16.3. The van der Waals surface area contributed by atoms with Crippen molar-refractivity contribution < 1.29 is 5.11 Å². The molecule has 1 N–H and O–H groups in total. The van der Waals surface area contributed by atoms with Crippen molar-refractivity contribution in [2.24, 2.45) is 0 Å². The van der Waals surface area contributed by atoms with E-state index in [1.807, 2.05) is 0 Å². The molecule has 2 heterocycles. The number of aromatic nitrogens is 3. The smallest absolute Gasteiger partial charge is 0.115 e. The monoisotopic (exact) mass is 134 g/mol. The van der Waals surface area contributed by atoms with Gasteiger partial charge in [0.25, 0.3) is 0 Å². The van der Waals surface area contributed by atoms with Crippen LogP contribution in [0.4, 0.5) is 0 Å². The molecule has 0 spiro atoms. The first-order chi connectivity index (χ1) is 4.88. The molecule has 0 fully saturated rings. The van der Waals surface area contributed by atoms with Crippen LogP contribution >= 0.6 is 0 Å². The van der Waals surface area contributed by atoms with Crippen LogP contribution in [0.15, 0.2) is 18.6 Å². The van der Waals surface area contributed by atoms with Gasteiger partial charge in [0, 0.05) is 12.1 Å². The summed E-state index contributed by atoms with van der Waals surface area (Å²) in [5, 5.41) is 10.9. The van der Waals surface area contributed by atoms with Gasteiger partial charge in [0.05, 0.1) is 11.0 Å². The Morgan fingerprint density at radius 2 is 2.30 bits per heavy atom. The van der Waals surface area contributed by atoms with Gasteiger partial charge in [0.1, 0.15) is 6.33 Å². The summed E-state index contributed by atoms with van der Waals surface area (Å²) in [6.45, 7) is 0. The van der Waals surface area contributed by atoms with Crippen LogP contribution in [0.2, 0.25) is 0 Å². The number of nitrogens with zero attached hydrogens (tertiary/aromatic N) is 2. The van der Waals surface area contributed by atoms with Crippen molar-refractivity contribution in [1.82, 2.24) is 15.0 Å². The quantitative estimate of drug-likeness (QED) is 0.552. The standard InChI is InChI=1S/C6H5N3O/c10-6-5-4(1-2-7-5)8-3-9-6/h1-3,7H,(H,8,9,10)/p-1. The zero-order valence-corrected chi connectivity index (χ0v) is 5.03. The summed E-state index contributed by atoms with van der Waals surface area (Å²) >= 11 is 0. The van der Waals surface area contributed by atoms with Gasteiger partial charge in [-0.15, -0.1) is 0 Å². The summed E-state index contributed by atoms with van der Waals surface area (Å²) in [6.07, 6.45) is 2.93. The fourth-order valence-corrected chi connectivity index (χ4v) is 0.848. The molecule has 10 heavy (non-hydrogen) atoms. The summed E-state index contributed by atoms with van der Waals surface area (Å²) in [5.41, 5.74) is 1.14. The van der Waals surface area contributed by atoms with E-state index in [0.29, 0.717) is 11.0 Å². The first-order valence-corrected chi connectivity index (χ1v) is 2.83. The summed E-state index contributed by atoms with van der Waals surface area (Å²) in [7, 11) is 0. The van der Waals surface area contributed by atoms with Crippen molar-refractivity contribution >= 4 is 11.0 Å². The molecule has 2 aromatic heterocycles. The Hall–Kier alpha value is -1.58. The Morgan fingerprint density at radius 1 is 1.40 bits per heavy atom. The molecule has 0 saturated carbocycles. The van der Waals surface area contributed by atoms with E-state index in [9.17, 15) is 5.11 Å². The Balaban J connectivity index is 2.95. The summed E-state index contributed by atoms with van der Waals surface area (Å²) in [6, 6.07) is 1.73. The second-order valence-electron chi connectivity index (χ2n) is 1.92. The average Bonchev–Trinajstić information content (AvgIpc) is 2.36. The summed E-state index contributed by atoms with van der Waals surface area (Å²) < 4.78 is 0. The van der Waals surface area contributed by atoms with Crippen LogP contribution < -0.4 is 5.11 Å². The molecule has 0 atom stereocenters. The Kier molecular flexibility index (Phi) is 0.887. The summed E-state index contributed by atoms with van der Waals surface area (Å²) in [4.78, 5) is 10.1. The molecule has 4 nitrogen and oxygen atoms in total. The van der Waals surface area contributed by atoms with Crippen molar-refractivity contribution in [2.45, 2.75) is 0 Å². The van der Waals surface area contributed by atoms with Gasteiger partial charge in [-0.3, -0.25) is 4.98 Å². The molecule has 0 aliphatic heterocycles. The molecule has 2 rings (SSSR count). The predicted octanol–water partition coefficient (Wildman–Crippen LogP) is 0.0315. The van der Waals surface area contributed by atoms with E-state index in [2.05, 4.69) is 15.0 Å². The van der Waals surface area contributed by atoms with Crippen molar-refractivity contribution in [3.05, 3.63) is 18.6 Å². The van der Waals surface area contributed by atoms with Gasteiger partial charge >= 0.3 is 0 Å². The van der Waals surface area contributed by atoms with Crippen LogP contribution in [0.1, 0.15) is 0 Å². The minimum atomic E-state index is -0.255. The normalized spacial score (nSPS) is 10.4. The summed E-state index contributed by atoms with van der Waals surface area (Å²) in [5.74, 6) is -0.255. The number of hydrogen-bond donors (Lipinski definition) is 1. The highest BCUT2D eigenvalue weighted by molar-refractivity contribution is 5.78. The molecule has 0 bridgehead atoms. The number of H-pyrrole nitrogens is 1. The van der Waals surface area contributed by atoms with Crippen molar-refractivity contribution in [3.8, 4) is 5.88 Å². The lowest BCUT2D eigenvalue weighted by molar-refractivity contribution is -0.272. The molecule has 0 radical (unpaired) electrons. The van der Waals surface area contributed by atoms with Crippen molar-refractivity contribution in [1.29, 1.82) is 0 Å². The number of hydrogen-bond acceptors (Lipinski definition) is 3. The molecule has 0 amide bonds. The third-order valence-corrected chi connectivity index (χ3v) is 1.31. The zero-order chi connectivity index (χ0) is 6.97. The molecule has 0 aliphatic carbocycles. The van der Waals surface area contributed by atoms with Gasteiger partial charge < -0.3 is 10.1 Å². The molecular weight excluding hydrogens is 130 g/mol. The van der Waals surface area contributed by atoms with Gasteiger partial charge in [0.2, 0.25) is 0 Å². The number of rotatable bonds is 0. The number of fused-ring (bicyclic) bond motifs is 1. The Labute approximate surface area is 56.6 Å². The van der Waals surface area contributed by atoms with E-state index in [1.165, 1.54) is 6.33 Å². The molecule has 0 aromatic carbocycles. The lowest BCUT2D eigenvalue weighted by Crippen LogP contribution is -1.94. The number of nitrogens with one attached hydrogen (secondary N) is 1. The van der Waals surface area contributed by atoms with Crippen LogP contribution in [0, 0.1) is 0 Å². The van der Waals surface area contributed by atoms with Crippen LogP contribution in [0.25, 0.3) is 11.0 Å². The molecular formula is C6H4N3O-. The van der Waals surface area contributed by atoms with Gasteiger partial charge in [-0.25, -0.2) is 4.98 Å². The van der Waals surface area contributed by atoms with Crippen LogP contribution in [-0.4, -0.2) is 15.0 Å². The molecule has 50 valence electrons. The lowest BCUT2D eigenvalue weighted by atomic mass is 10.4. The minimum absolute atomic E-state index is 0.255. The first-order valence-electron chi connectivity index (χ1n) is 2.83. The Morgan fingerprint density at radius 3 is 3.10 bits per heavy atom. The second kappa shape index (κ2) is 1.70. The van der Waals surface area contributed by atoms with Gasteiger partial charge in [-0.05, 0) is 6.07 Å². The van der Waals surface area contributed by atoms with E-state index >= 15 is 0 Å². The Bertz CT molecular complexity index is 355. The average molecular weight is 134 g/mol. The molecule has 4 heteroatoms. The third kappa shape index (κ3) is 0.556. The van der Waals surface area contributed by atoms with Crippen LogP contribution in [0.3, 0.4) is 0 Å². The first kappa shape index (κ1) is 5.22. The molecule has 0 unspecified atom stereocenters. The predicted molar refractivity (Wildman–Crippen MR) is 33.3 cm³/mol. The SMILES string of the molecule is [O-]c1ncnc2cc[nH]c12. The van der Waals surface area contributed by atoms with Crippen molar-refractivity contribution in [3.63, 3.8) is 0 Å². The van der Waals surface area contributed by atoms with E-state index < -0.39 is 0 Å². The molecule has 0 aliphatic rings. The fourth-order valence-electron chi connectivity index (χ4n) is 0.848. The van der Waals surface area contributed by atoms with Crippen molar-refractivity contribution in [2.75, 3.05) is 0 Å². The minimum Gasteiger partial charge on any atom is -0.857 e. The fraction of sp³-hybridized carbons (Fsp3) is 0. The second-order valence-corrected chi connectivity index (χ2v) is 1.92. The highest BCUT2D eigenvalue weighted by Crippen LogP contribution is 2.13. The van der Waals surface area contributed by atoms with E-state index in [-0.39, 0.29) is 5.88 Å².